The van der Waals surface area contributed by atoms with Crippen LogP contribution >= 0.6 is 54.0 Å². The predicted molar refractivity (Wildman–Crippen MR) is 349 cm³/mol. The number of carboxylic acids is 1. The molecule has 0 bridgehead atoms. The van der Waals surface area contributed by atoms with Gasteiger partial charge in [0.1, 0.15) is 31.6 Å². The van der Waals surface area contributed by atoms with Crippen LogP contribution in [0.25, 0.3) is 0 Å². The number of rotatable bonds is 17. The number of alkyl halides is 3. The van der Waals surface area contributed by atoms with Gasteiger partial charge in [0.25, 0.3) is 23.6 Å². The highest BCUT2D eigenvalue weighted by molar-refractivity contribution is 7.94. The van der Waals surface area contributed by atoms with Crippen LogP contribution in [-0.2, 0) is 55.4 Å². The van der Waals surface area contributed by atoms with E-state index in [9.17, 15) is 42.6 Å². The van der Waals surface area contributed by atoms with E-state index in [0.717, 1.165) is 59.3 Å². The average molecular weight is 1360 g/mol. The largest absolute Gasteiger partial charge is 0.778 e. The first kappa shape index (κ1) is 76.9. The summed E-state index contributed by atoms with van der Waals surface area (Å²) in [6, 6.07) is 16.0. The molecule has 4 aromatic rings. The maximum Gasteiger partial charge on any atom is 0.317 e. The number of terminal acetylenes is 1. The molecule has 3 aromatic carbocycles. The summed E-state index contributed by atoms with van der Waals surface area (Å²) in [5, 5.41) is 16.2. The molecular weight excluding hydrogens is 1280 g/mol. The summed E-state index contributed by atoms with van der Waals surface area (Å²) in [7, 11) is -2.07. The monoisotopic (exact) mass is 1360 g/mol. The minimum Gasteiger partial charge on any atom is -0.778 e. The molecule has 4 heterocycles. The zero-order valence-corrected chi connectivity index (χ0v) is 56.3. The number of carboxylic acid groups (broad SMARTS) is 1. The number of hydrogen-bond acceptors (Lipinski definition) is 17. The number of hydrogen-bond donors (Lipinski definition) is 5. The summed E-state index contributed by atoms with van der Waals surface area (Å²) in [5.41, 5.74) is 4.92. The highest BCUT2D eigenvalue weighted by Crippen LogP contribution is 2.42. The molecule has 3 aliphatic heterocycles. The highest BCUT2D eigenvalue weighted by atomic mass is 35.5. The van der Waals surface area contributed by atoms with Gasteiger partial charge in [-0.25, -0.2) is 9.29 Å². The van der Waals surface area contributed by atoms with Gasteiger partial charge in [-0.2, -0.15) is 15.0 Å². The van der Waals surface area contributed by atoms with Gasteiger partial charge in [-0.05, 0) is 125 Å². The number of ether oxygens (including phenoxy) is 3. The Bertz CT molecular complexity index is 3180. The molecule has 0 spiro atoms. The van der Waals surface area contributed by atoms with Gasteiger partial charge in [0.05, 0.1) is 79.6 Å². The summed E-state index contributed by atoms with van der Waals surface area (Å²) in [5.74, 6) is 0.485. The topological polar surface area (TPSA) is 298 Å². The molecule has 488 valence electrons. The molecule has 30 heteroatoms. The average Bonchev–Trinajstić information content (AvgIpc) is 1.88. The summed E-state index contributed by atoms with van der Waals surface area (Å²) in [6.07, 6.45) is 14.8. The first-order valence-electron chi connectivity index (χ1n) is 27.9. The van der Waals surface area contributed by atoms with Crippen LogP contribution in [0.5, 0.6) is 11.5 Å². The quantitative estimate of drug-likeness (QED) is 0.0219. The number of carbonyl (C=O) groups excluding carboxylic acids is 5. The number of anilines is 6. The fourth-order valence-corrected chi connectivity index (χ4v) is 9.78. The molecule has 0 saturated carbocycles. The zero-order chi connectivity index (χ0) is 66.9. The van der Waals surface area contributed by atoms with Gasteiger partial charge in [-0.15, -0.1) is 18.0 Å². The summed E-state index contributed by atoms with van der Waals surface area (Å²) < 4.78 is 40.6. The maximum atomic E-state index is 14.7. The van der Waals surface area contributed by atoms with Crippen molar-refractivity contribution in [3.63, 3.8) is 0 Å². The van der Waals surface area contributed by atoms with Crippen molar-refractivity contribution in [1.82, 2.24) is 20.3 Å². The standard InChI is InChI=1S/C19H15FN2O4.C15H22ClNO2.C11H11Cl2NO2.C8H14ClN5.C3H8NO5P.C3H9S/c1-2-7-21-15-9-14(13(20)8-16(15)26-10-17(21)23)22-18(24)11-5-3-4-6-12(11)19(22)25;1-5-13-8-6-7-11(2)15(13)17(14(18)9-16)12(3)10-19-4;1-7-6-16-9-5-3-2-4-8(9)14(7)11(15)10(12)13;1-4-10-7-12-6(9)13-8(14-7)11-5(2)3;5-3(6)1-4-2-10(7,8)9;1-4(2)3/h1,8-9H,3-7,10H2;6-8,12H,5,9-10H2,1-4H3;2-5,7,10H,6H2,1H3;5H,4H2,1-3H3,(H2,10,11,12,13,14);4H,1-2H2,(H,5,6)(H2,7,8,9);1-3H3/q;;;;;+1/p-1. The van der Waals surface area contributed by atoms with E-state index in [-0.39, 0.29) is 77.3 Å². The lowest BCUT2D eigenvalue weighted by molar-refractivity contribution is -0.193. The van der Waals surface area contributed by atoms with Crippen molar-refractivity contribution >= 4 is 135 Å². The van der Waals surface area contributed by atoms with Gasteiger partial charge in [-0.3, -0.25) is 39.0 Å². The van der Waals surface area contributed by atoms with E-state index in [1.54, 1.807) is 16.9 Å². The van der Waals surface area contributed by atoms with E-state index in [0.29, 0.717) is 65.7 Å². The normalized spacial score (nSPS) is 15.6. The third kappa shape index (κ3) is 23.8. The fraction of sp³-hybridized carbons (Fsp3) is 0.475. The van der Waals surface area contributed by atoms with Crippen LogP contribution in [0.3, 0.4) is 0 Å². The summed E-state index contributed by atoms with van der Waals surface area (Å²) in [4.78, 5) is 106. The smallest absolute Gasteiger partial charge is 0.317 e. The number of para-hydroxylation sites is 3. The number of nitrogens with zero attached hydrogens (tertiary/aromatic N) is 7. The van der Waals surface area contributed by atoms with E-state index >= 15 is 0 Å². The minimum atomic E-state index is -4.35. The van der Waals surface area contributed by atoms with E-state index in [2.05, 4.69) is 63.3 Å². The van der Waals surface area contributed by atoms with Gasteiger partial charge >= 0.3 is 5.97 Å². The second-order valence-electron chi connectivity index (χ2n) is 20.6. The Kier molecular flexibility index (Phi) is 32.6. The lowest BCUT2D eigenvalue weighted by atomic mass is 9.93. The van der Waals surface area contributed by atoms with Crippen molar-refractivity contribution in [2.75, 3.05) is 108 Å². The van der Waals surface area contributed by atoms with Crippen molar-refractivity contribution in [2.45, 2.75) is 104 Å². The molecule has 5 amide bonds. The second-order valence-corrected chi connectivity index (χ2v) is 26.3. The van der Waals surface area contributed by atoms with Crippen LogP contribution in [0.2, 0.25) is 5.28 Å². The maximum absolute atomic E-state index is 14.7. The minimum absolute atomic E-state index is 0.0170. The van der Waals surface area contributed by atoms with Crippen LogP contribution in [0.1, 0.15) is 78.4 Å². The fourth-order valence-electron chi connectivity index (χ4n) is 8.88. The number of methoxy groups -OCH3 is 1. The van der Waals surface area contributed by atoms with Crippen molar-refractivity contribution in [3.05, 3.63) is 88.0 Å². The number of halogens is 5. The molecule has 23 nitrogen and oxygen atoms in total. The lowest BCUT2D eigenvalue weighted by Gasteiger charge is -2.35. The number of aromatic nitrogens is 3. The van der Waals surface area contributed by atoms with Crippen LogP contribution in [0, 0.1) is 25.1 Å². The number of aliphatic carboxylic acids is 1. The number of fused-ring (bicyclic) bond motifs is 2. The van der Waals surface area contributed by atoms with Crippen molar-refractivity contribution in [1.29, 1.82) is 0 Å². The number of amides is 5. The number of imide groups is 1. The summed E-state index contributed by atoms with van der Waals surface area (Å²) >= 11 is 22.7. The van der Waals surface area contributed by atoms with Crippen molar-refractivity contribution in [2.24, 2.45) is 0 Å². The van der Waals surface area contributed by atoms with Crippen LogP contribution in [-0.4, -0.2) is 161 Å². The number of benzene rings is 3. The molecule has 1 aliphatic carbocycles. The Hall–Kier alpha value is -6.30. The van der Waals surface area contributed by atoms with E-state index < -0.39 is 48.9 Å². The molecule has 5 N–H and O–H groups in total. The Morgan fingerprint density at radius 3 is 2.11 bits per heavy atom. The first-order valence-corrected chi connectivity index (χ1v) is 33.9. The molecule has 3 atom stereocenters. The Labute approximate surface area is 542 Å². The van der Waals surface area contributed by atoms with E-state index in [4.69, 9.17) is 77.0 Å². The third-order valence-electron chi connectivity index (χ3n) is 12.4. The van der Waals surface area contributed by atoms with Crippen LogP contribution in [0.15, 0.2) is 65.7 Å². The van der Waals surface area contributed by atoms with E-state index in [1.165, 1.54) is 11.0 Å². The number of nitrogens with one attached hydrogen (secondary N) is 3. The predicted octanol–water partition coefficient (Wildman–Crippen LogP) is 8.13. The lowest BCUT2D eigenvalue weighted by Crippen LogP contribution is -2.47. The van der Waals surface area contributed by atoms with Crippen molar-refractivity contribution < 1.29 is 66.8 Å². The van der Waals surface area contributed by atoms with Crippen LogP contribution < -0.4 is 49.9 Å². The third-order valence-corrected chi connectivity index (χ3v) is 13.8. The Morgan fingerprint density at radius 1 is 0.955 bits per heavy atom. The first-order chi connectivity index (χ1) is 42.0. The second kappa shape index (κ2) is 37.8. The SMILES string of the molecule is C#CCN1C(=O)COc2cc(F)c(N3C(=O)C4=C(CCCC4)C3=O)cc21.CC1COc2ccccc2N1C(=O)C(Cl)Cl.CCNc1nc(Cl)nc(NC(C)C)n1.CCc1cccc(C)c1N(C(=O)CCl)C(C)COC.C[S+](C)C.O=C(O)CNCP(=O)([O-])O. The molecule has 3 unspecified atom stereocenters. The van der Waals surface area contributed by atoms with Crippen molar-refractivity contribution in [3.8, 4) is 23.8 Å². The molecule has 1 aromatic heterocycles. The van der Waals surface area contributed by atoms with Gasteiger partial charge < -0.3 is 54.1 Å². The zero-order valence-electron chi connectivity index (χ0n) is 51.5. The van der Waals surface area contributed by atoms with E-state index in [1.807, 2.05) is 83.3 Å². The molecule has 0 radical (unpaired) electrons. The Morgan fingerprint density at radius 2 is 1.57 bits per heavy atom. The van der Waals surface area contributed by atoms with Gasteiger partial charge in [0.15, 0.2) is 17.3 Å². The molecule has 0 fully saturated rings. The Balaban J connectivity index is 0.000000296. The highest BCUT2D eigenvalue weighted by Gasteiger charge is 2.42. The molecule has 4 aliphatic rings. The number of aryl methyl sites for hydroxylation is 2. The molecule has 89 heavy (non-hydrogen) atoms. The van der Waals surface area contributed by atoms with Gasteiger partial charge in [0, 0.05) is 36.9 Å². The summed E-state index contributed by atoms with van der Waals surface area (Å²) in [6.45, 7) is 14.9. The van der Waals surface area contributed by atoms with Gasteiger partial charge in [0.2, 0.25) is 23.1 Å². The van der Waals surface area contributed by atoms with Crippen LogP contribution in [0.4, 0.5) is 39.0 Å². The number of carbonyl (C=O) groups is 6. The van der Waals surface area contributed by atoms with Gasteiger partial charge in [-0.1, -0.05) is 66.4 Å². The molecule has 8 rings (SSSR count). The molecule has 0 saturated heterocycles. The molecular formula is C59H78Cl4FN10O13PS.